The van der Waals surface area contributed by atoms with Crippen molar-refractivity contribution in [2.45, 2.75) is 19.5 Å². The SMILES string of the molecule is Cc1cc(C(F)(F)F)cc(Cl)c1-n1nc2c(c1O)CCNc1ncccc1-2. The summed E-state index contributed by atoms with van der Waals surface area (Å²) in [7, 11) is 0. The van der Waals surface area contributed by atoms with Gasteiger partial charge in [0.25, 0.3) is 0 Å². The van der Waals surface area contributed by atoms with Gasteiger partial charge in [-0.2, -0.15) is 23.0 Å². The van der Waals surface area contributed by atoms with Crippen LogP contribution in [-0.4, -0.2) is 26.4 Å². The van der Waals surface area contributed by atoms with Gasteiger partial charge in [0, 0.05) is 23.9 Å². The second-order valence-electron chi connectivity index (χ2n) is 6.26. The first-order chi connectivity index (χ1) is 12.8. The zero-order valence-corrected chi connectivity index (χ0v) is 14.9. The van der Waals surface area contributed by atoms with Gasteiger partial charge in [-0.1, -0.05) is 11.6 Å². The third kappa shape index (κ3) is 2.90. The summed E-state index contributed by atoms with van der Waals surface area (Å²) in [4.78, 5) is 4.27. The van der Waals surface area contributed by atoms with Crippen molar-refractivity contribution in [2.24, 2.45) is 0 Å². The van der Waals surface area contributed by atoms with E-state index in [0.717, 1.165) is 12.1 Å². The highest BCUT2D eigenvalue weighted by Gasteiger charge is 2.33. The van der Waals surface area contributed by atoms with E-state index in [4.69, 9.17) is 11.6 Å². The van der Waals surface area contributed by atoms with Crippen LogP contribution in [0.3, 0.4) is 0 Å². The maximum atomic E-state index is 13.0. The molecule has 0 bridgehead atoms. The number of hydrogen-bond acceptors (Lipinski definition) is 4. The maximum Gasteiger partial charge on any atom is 0.416 e. The molecule has 2 N–H and O–H groups in total. The number of rotatable bonds is 1. The molecule has 27 heavy (non-hydrogen) atoms. The van der Waals surface area contributed by atoms with Crippen LogP contribution >= 0.6 is 11.6 Å². The standard InChI is InChI=1S/C18H14ClF3N4O/c1-9-7-10(18(20,21)22)8-13(19)15(9)26-17(27)12-4-6-24-16-11(14(12)25-26)3-2-5-23-16/h2-3,5,7-8,27H,4,6H2,1H3,(H,23,24). The molecule has 0 atom stereocenters. The first kappa shape index (κ1) is 17.7. The summed E-state index contributed by atoms with van der Waals surface area (Å²) < 4.78 is 40.2. The minimum Gasteiger partial charge on any atom is -0.493 e. The Labute approximate surface area is 157 Å². The quantitative estimate of drug-likeness (QED) is 0.633. The zero-order chi connectivity index (χ0) is 19.3. The fourth-order valence-electron chi connectivity index (χ4n) is 3.26. The molecule has 1 aliphatic heterocycles. The van der Waals surface area contributed by atoms with E-state index in [1.807, 2.05) is 6.07 Å². The molecule has 5 nitrogen and oxygen atoms in total. The molecule has 0 fully saturated rings. The molecule has 2 aromatic heterocycles. The molecule has 0 saturated heterocycles. The number of pyridine rings is 1. The van der Waals surface area contributed by atoms with Crippen LogP contribution in [0.1, 0.15) is 16.7 Å². The number of aryl methyl sites for hydroxylation is 1. The average molecular weight is 395 g/mol. The van der Waals surface area contributed by atoms with E-state index in [-0.39, 0.29) is 22.2 Å². The number of aromatic hydroxyl groups is 1. The highest BCUT2D eigenvalue weighted by atomic mass is 35.5. The number of fused-ring (bicyclic) bond motifs is 3. The van der Waals surface area contributed by atoms with Gasteiger partial charge in [-0.05, 0) is 43.2 Å². The monoisotopic (exact) mass is 394 g/mol. The molecular weight excluding hydrogens is 381 g/mol. The Balaban J connectivity index is 1.92. The predicted octanol–water partition coefficient (Wildman–Crippen LogP) is 4.59. The first-order valence-corrected chi connectivity index (χ1v) is 8.53. The molecule has 140 valence electrons. The number of hydrogen-bond donors (Lipinski definition) is 2. The molecule has 1 aliphatic rings. The molecular formula is C18H14ClF3N4O. The van der Waals surface area contributed by atoms with Gasteiger partial charge in [0.1, 0.15) is 11.5 Å². The molecule has 3 heterocycles. The maximum absolute atomic E-state index is 13.0. The Morgan fingerprint density at radius 2 is 2.07 bits per heavy atom. The number of nitrogens with one attached hydrogen (secondary N) is 1. The van der Waals surface area contributed by atoms with Crippen LogP contribution < -0.4 is 5.32 Å². The molecule has 1 aromatic carbocycles. The lowest BCUT2D eigenvalue weighted by atomic mass is 10.1. The van der Waals surface area contributed by atoms with Crippen LogP contribution in [0.2, 0.25) is 5.02 Å². The van der Waals surface area contributed by atoms with Crippen molar-refractivity contribution in [1.29, 1.82) is 0 Å². The van der Waals surface area contributed by atoms with Crippen molar-refractivity contribution in [3.8, 4) is 22.8 Å². The zero-order valence-electron chi connectivity index (χ0n) is 14.1. The van der Waals surface area contributed by atoms with Gasteiger partial charge >= 0.3 is 6.18 Å². The molecule has 9 heteroatoms. The summed E-state index contributed by atoms with van der Waals surface area (Å²) in [5.41, 5.74) is 1.45. The third-order valence-electron chi connectivity index (χ3n) is 4.48. The fraction of sp³-hybridized carbons (Fsp3) is 0.222. The van der Waals surface area contributed by atoms with Crippen molar-refractivity contribution >= 4 is 17.4 Å². The largest absolute Gasteiger partial charge is 0.493 e. The Bertz CT molecular complexity index is 1020. The van der Waals surface area contributed by atoms with Crippen LogP contribution in [0.4, 0.5) is 19.0 Å². The Morgan fingerprint density at radius 3 is 2.78 bits per heavy atom. The minimum absolute atomic E-state index is 0.139. The van der Waals surface area contributed by atoms with Crippen molar-refractivity contribution in [3.05, 3.63) is 52.2 Å². The number of halogens is 4. The van der Waals surface area contributed by atoms with Crippen molar-refractivity contribution in [2.75, 3.05) is 11.9 Å². The van der Waals surface area contributed by atoms with Gasteiger partial charge in [0.15, 0.2) is 0 Å². The van der Waals surface area contributed by atoms with Crippen molar-refractivity contribution < 1.29 is 18.3 Å². The highest BCUT2D eigenvalue weighted by molar-refractivity contribution is 6.32. The van der Waals surface area contributed by atoms with E-state index in [2.05, 4.69) is 15.4 Å². The molecule has 0 saturated carbocycles. The molecule has 0 radical (unpaired) electrons. The number of benzene rings is 1. The summed E-state index contributed by atoms with van der Waals surface area (Å²) in [6, 6.07) is 5.40. The summed E-state index contributed by atoms with van der Waals surface area (Å²) in [5.74, 6) is 0.490. The topological polar surface area (TPSA) is 63.0 Å². The van der Waals surface area contributed by atoms with E-state index in [1.165, 1.54) is 11.6 Å². The second kappa shape index (κ2) is 6.16. The molecule has 0 amide bonds. The minimum atomic E-state index is -4.51. The molecule has 0 unspecified atom stereocenters. The van der Waals surface area contributed by atoms with Gasteiger partial charge in [-0.15, -0.1) is 0 Å². The Hall–Kier alpha value is -2.74. The van der Waals surface area contributed by atoms with E-state index in [0.29, 0.717) is 35.6 Å². The number of aromatic nitrogens is 3. The van der Waals surface area contributed by atoms with Crippen LogP contribution in [-0.2, 0) is 12.6 Å². The summed E-state index contributed by atoms with van der Waals surface area (Å²) in [6.07, 6.45) is -2.38. The summed E-state index contributed by atoms with van der Waals surface area (Å²) >= 11 is 6.15. The van der Waals surface area contributed by atoms with Crippen molar-refractivity contribution in [1.82, 2.24) is 14.8 Å². The van der Waals surface area contributed by atoms with E-state index in [9.17, 15) is 18.3 Å². The number of alkyl halides is 3. The molecule has 0 aliphatic carbocycles. The van der Waals surface area contributed by atoms with Gasteiger partial charge in [-0.25, -0.2) is 4.98 Å². The first-order valence-electron chi connectivity index (χ1n) is 8.15. The molecule has 3 aromatic rings. The normalized spacial score (nSPS) is 13.5. The van der Waals surface area contributed by atoms with E-state index >= 15 is 0 Å². The van der Waals surface area contributed by atoms with E-state index in [1.54, 1.807) is 12.3 Å². The lowest BCUT2D eigenvalue weighted by Crippen LogP contribution is -2.08. The van der Waals surface area contributed by atoms with Gasteiger partial charge in [0.05, 0.1) is 16.3 Å². The van der Waals surface area contributed by atoms with Crippen LogP contribution in [0.5, 0.6) is 5.88 Å². The Morgan fingerprint density at radius 1 is 1.30 bits per heavy atom. The highest BCUT2D eigenvalue weighted by Crippen LogP contribution is 2.40. The van der Waals surface area contributed by atoms with Crippen LogP contribution in [0.25, 0.3) is 16.9 Å². The summed E-state index contributed by atoms with van der Waals surface area (Å²) in [5, 5.41) is 18.2. The van der Waals surface area contributed by atoms with Gasteiger partial charge in [-0.3, -0.25) is 0 Å². The smallest absolute Gasteiger partial charge is 0.416 e. The van der Waals surface area contributed by atoms with Gasteiger partial charge in [0.2, 0.25) is 5.88 Å². The van der Waals surface area contributed by atoms with Crippen LogP contribution in [0.15, 0.2) is 30.5 Å². The second-order valence-corrected chi connectivity index (χ2v) is 6.67. The third-order valence-corrected chi connectivity index (χ3v) is 4.77. The number of anilines is 1. The van der Waals surface area contributed by atoms with Crippen LogP contribution in [0, 0.1) is 6.92 Å². The molecule has 4 rings (SSSR count). The Kier molecular flexibility index (Phi) is 4.03. The van der Waals surface area contributed by atoms with Gasteiger partial charge < -0.3 is 10.4 Å². The number of nitrogens with zero attached hydrogens (tertiary/aromatic N) is 3. The van der Waals surface area contributed by atoms with Crippen molar-refractivity contribution in [3.63, 3.8) is 0 Å². The fourth-order valence-corrected chi connectivity index (χ4v) is 3.60. The average Bonchev–Trinajstić information content (AvgIpc) is 2.80. The summed E-state index contributed by atoms with van der Waals surface area (Å²) in [6.45, 7) is 2.04. The lowest BCUT2D eigenvalue weighted by Gasteiger charge is -2.14. The predicted molar refractivity (Wildman–Crippen MR) is 95.4 cm³/mol. The van der Waals surface area contributed by atoms with E-state index < -0.39 is 11.7 Å². The lowest BCUT2D eigenvalue weighted by molar-refractivity contribution is -0.137. The molecule has 0 spiro atoms.